The van der Waals surface area contributed by atoms with E-state index >= 15 is 0 Å². The number of sulfonamides is 1. The van der Waals surface area contributed by atoms with E-state index in [1.807, 2.05) is 0 Å². The number of fused-ring (bicyclic) bond motifs is 1. The van der Waals surface area contributed by atoms with Gasteiger partial charge < -0.3 is 0 Å². The molecule has 0 spiro atoms. The van der Waals surface area contributed by atoms with Crippen molar-refractivity contribution in [2.45, 2.75) is 48.4 Å². The molecule has 9 heteroatoms. The molecule has 0 bridgehead atoms. The van der Waals surface area contributed by atoms with Crippen LogP contribution in [0.1, 0.15) is 36.2 Å². The normalized spacial score (nSPS) is 15.6. The van der Waals surface area contributed by atoms with Crippen molar-refractivity contribution >= 4 is 19.9 Å². The van der Waals surface area contributed by atoms with Crippen LogP contribution in [0.2, 0.25) is 0 Å². The van der Waals surface area contributed by atoms with Gasteiger partial charge in [-0.25, -0.2) is 21.6 Å². The van der Waals surface area contributed by atoms with E-state index in [1.165, 1.54) is 30.7 Å². The number of aromatic amines is 1. The molecule has 0 saturated heterocycles. The van der Waals surface area contributed by atoms with Gasteiger partial charge in [0.15, 0.2) is 9.84 Å². The van der Waals surface area contributed by atoms with E-state index in [0.29, 0.717) is 0 Å². The predicted octanol–water partition coefficient (Wildman–Crippen LogP) is 1.56. The molecular weight excluding hydrogens is 362 g/mol. The number of benzene rings is 1. The summed E-state index contributed by atoms with van der Waals surface area (Å²) in [5.41, 5.74) is 2.95. The molecule has 2 aromatic rings. The molecule has 0 aliphatic heterocycles. The average Bonchev–Trinajstić information content (AvgIpc) is 2.79. The van der Waals surface area contributed by atoms with Crippen molar-refractivity contribution in [1.82, 2.24) is 14.9 Å². The van der Waals surface area contributed by atoms with Crippen molar-refractivity contribution in [1.29, 1.82) is 0 Å². The van der Waals surface area contributed by atoms with Crippen molar-refractivity contribution in [2.75, 3.05) is 6.26 Å². The zero-order valence-electron chi connectivity index (χ0n) is 13.9. The molecule has 1 aromatic heterocycles. The zero-order chi connectivity index (χ0) is 18.1. The number of rotatable bonds is 5. The van der Waals surface area contributed by atoms with Gasteiger partial charge in [0.1, 0.15) is 0 Å². The molecule has 1 aromatic carbocycles. The standard InChI is InChI=1S/C16H21N3O4S2/c1-24(20,21)12-7-9-13(10-8-12)25(22,23)17-11-16-14-5-3-2-4-6-15(14)18-19-16/h7-10,17H,2-6,11H2,1H3,(H,18,19). The lowest BCUT2D eigenvalue weighted by molar-refractivity contribution is 0.579. The zero-order valence-corrected chi connectivity index (χ0v) is 15.6. The van der Waals surface area contributed by atoms with Gasteiger partial charge in [0.25, 0.3) is 0 Å². The fraction of sp³-hybridized carbons (Fsp3) is 0.438. The number of nitrogens with one attached hydrogen (secondary N) is 2. The van der Waals surface area contributed by atoms with Crippen LogP contribution in [0.4, 0.5) is 0 Å². The third-order valence-corrected chi connectivity index (χ3v) is 6.93. The Balaban J connectivity index is 1.75. The Hall–Kier alpha value is -1.71. The van der Waals surface area contributed by atoms with Gasteiger partial charge in [0.05, 0.1) is 22.0 Å². The van der Waals surface area contributed by atoms with E-state index < -0.39 is 19.9 Å². The highest BCUT2D eigenvalue weighted by Gasteiger charge is 2.19. The summed E-state index contributed by atoms with van der Waals surface area (Å²) in [6, 6.07) is 5.18. The quantitative estimate of drug-likeness (QED) is 0.762. The maximum absolute atomic E-state index is 12.4. The first kappa shape index (κ1) is 18.1. The minimum atomic E-state index is -3.73. The molecule has 1 heterocycles. The van der Waals surface area contributed by atoms with Gasteiger partial charge in [-0.3, -0.25) is 5.10 Å². The van der Waals surface area contributed by atoms with E-state index in [2.05, 4.69) is 14.9 Å². The van der Waals surface area contributed by atoms with Crippen molar-refractivity contribution in [3.8, 4) is 0 Å². The van der Waals surface area contributed by atoms with Crippen molar-refractivity contribution in [2.24, 2.45) is 0 Å². The van der Waals surface area contributed by atoms with Gasteiger partial charge >= 0.3 is 0 Å². The first-order valence-electron chi connectivity index (χ1n) is 8.12. The van der Waals surface area contributed by atoms with Gasteiger partial charge in [-0.2, -0.15) is 5.10 Å². The van der Waals surface area contributed by atoms with Crippen molar-refractivity contribution in [3.05, 3.63) is 41.2 Å². The third kappa shape index (κ3) is 4.10. The summed E-state index contributed by atoms with van der Waals surface area (Å²) in [7, 11) is -7.09. The van der Waals surface area contributed by atoms with Crippen LogP contribution in [-0.2, 0) is 39.2 Å². The molecule has 0 fully saturated rings. The molecule has 3 rings (SSSR count). The average molecular weight is 383 g/mol. The van der Waals surface area contributed by atoms with Gasteiger partial charge in [-0.05, 0) is 55.5 Å². The number of nitrogens with zero attached hydrogens (tertiary/aromatic N) is 1. The van der Waals surface area contributed by atoms with Crippen molar-refractivity contribution in [3.63, 3.8) is 0 Å². The smallest absolute Gasteiger partial charge is 0.240 e. The summed E-state index contributed by atoms with van der Waals surface area (Å²) >= 11 is 0. The van der Waals surface area contributed by atoms with E-state index in [9.17, 15) is 16.8 Å². The monoisotopic (exact) mass is 383 g/mol. The Labute approximate surface area is 147 Å². The first-order valence-corrected chi connectivity index (χ1v) is 11.5. The molecule has 0 radical (unpaired) electrons. The maximum atomic E-state index is 12.4. The van der Waals surface area contributed by atoms with Gasteiger partial charge in [-0.15, -0.1) is 0 Å². The fourth-order valence-corrected chi connectivity index (χ4v) is 4.60. The Morgan fingerprint density at radius 1 is 1.00 bits per heavy atom. The van der Waals surface area contributed by atoms with Crippen LogP contribution in [0.3, 0.4) is 0 Å². The minimum absolute atomic E-state index is 0.0292. The van der Waals surface area contributed by atoms with Crippen LogP contribution in [-0.4, -0.2) is 33.3 Å². The van der Waals surface area contributed by atoms with Crippen LogP contribution in [0.5, 0.6) is 0 Å². The molecule has 0 saturated carbocycles. The summed E-state index contributed by atoms with van der Waals surface area (Å²) in [4.78, 5) is 0.116. The number of H-pyrrole nitrogens is 1. The highest BCUT2D eigenvalue weighted by molar-refractivity contribution is 7.90. The molecular formula is C16H21N3O4S2. The molecule has 7 nitrogen and oxygen atoms in total. The lowest BCUT2D eigenvalue weighted by atomic mass is 10.1. The minimum Gasteiger partial charge on any atom is -0.282 e. The second-order valence-corrected chi connectivity index (χ2v) is 10.0. The lowest BCUT2D eigenvalue weighted by Gasteiger charge is -2.07. The predicted molar refractivity (Wildman–Crippen MR) is 93.4 cm³/mol. The topological polar surface area (TPSA) is 109 Å². The molecule has 0 amide bonds. The fourth-order valence-electron chi connectivity index (χ4n) is 2.99. The number of hydrogen-bond donors (Lipinski definition) is 2. The Morgan fingerprint density at radius 2 is 1.64 bits per heavy atom. The molecule has 1 aliphatic rings. The summed E-state index contributed by atoms with van der Waals surface area (Å²) in [6.45, 7) is 0.113. The summed E-state index contributed by atoms with van der Waals surface area (Å²) in [6.07, 6.45) is 6.30. The van der Waals surface area contributed by atoms with E-state index in [0.717, 1.165) is 48.9 Å². The maximum Gasteiger partial charge on any atom is 0.240 e. The third-order valence-electron chi connectivity index (χ3n) is 4.38. The summed E-state index contributed by atoms with van der Waals surface area (Å²) in [5, 5.41) is 7.27. The molecule has 25 heavy (non-hydrogen) atoms. The summed E-state index contributed by atoms with van der Waals surface area (Å²) in [5.74, 6) is 0. The SMILES string of the molecule is CS(=O)(=O)c1ccc(S(=O)(=O)NCc2n[nH]c3c2CCCCC3)cc1. The Kier molecular flexibility index (Phi) is 4.99. The summed E-state index contributed by atoms with van der Waals surface area (Å²) < 4.78 is 50.3. The highest BCUT2D eigenvalue weighted by atomic mass is 32.2. The molecule has 136 valence electrons. The van der Waals surface area contributed by atoms with E-state index in [-0.39, 0.29) is 16.3 Å². The highest BCUT2D eigenvalue weighted by Crippen LogP contribution is 2.22. The Morgan fingerprint density at radius 3 is 2.32 bits per heavy atom. The molecule has 0 atom stereocenters. The van der Waals surface area contributed by atoms with Crippen LogP contribution >= 0.6 is 0 Å². The lowest BCUT2D eigenvalue weighted by Crippen LogP contribution is -2.24. The van der Waals surface area contributed by atoms with Crippen molar-refractivity contribution < 1.29 is 16.8 Å². The molecule has 2 N–H and O–H groups in total. The van der Waals surface area contributed by atoms with Crippen LogP contribution < -0.4 is 4.72 Å². The van der Waals surface area contributed by atoms with Gasteiger partial charge in [-0.1, -0.05) is 6.42 Å². The Bertz CT molecular complexity index is 961. The van der Waals surface area contributed by atoms with Crippen LogP contribution in [0.25, 0.3) is 0 Å². The largest absolute Gasteiger partial charge is 0.282 e. The van der Waals surface area contributed by atoms with Gasteiger partial charge in [0.2, 0.25) is 10.0 Å². The second kappa shape index (κ2) is 6.89. The molecule has 1 aliphatic carbocycles. The van der Waals surface area contributed by atoms with Gasteiger partial charge in [0, 0.05) is 11.9 Å². The number of aryl methyl sites for hydroxylation is 1. The van der Waals surface area contributed by atoms with E-state index in [4.69, 9.17) is 0 Å². The first-order chi connectivity index (χ1) is 11.8. The van der Waals surface area contributed by atoms with E-state index in [1.54, 1.807) is 0 Å². The number of aromatic nitrogens is 2. The van der Waals surface area contributed by atoms with Crippen LogP contribution in [0, 0.1) is 0 Å². The van der Waals surface area contributed by atoms with Crippen LogP contribution in [0.15, 0.2) is 34.1 Å². The second-order valence-electron chi connectivity index (χ2n) is 6.26. The number of sulfone groups is 1. The molecule has 0 unspecified atom stereocenters. The number of hydrogen-bond acceptors (Lipinski definition) is 5.